The summed E-state index contributed by atoms with van der Waals surface area (Å²) in [6.45, 7) is 6.74. The largest absolute Gasteiger partial charge is 0.408 e. The summed E-state index contributed by atoms with van der Waals surface area (Å²) >= 11 is 0. The molecular formula is C31H41F3N6O4. The molecule has 5 heterocycles. The molecule has 1 aliphatic carbocycles. The lowest BCUT2D eigenvalue weighted by atomic mass is 9.94. The summed E-state index contributed by atoms with van der Waals surface area (Å²) in [5.74, 6) is -0.762. The number of hydrogen-bond donors (Lipinski definition) is 2. The fourth-order valence-electron chi connectivity index (χ4n) is 6.26. The molecule has 2 unspecified atom stereocenters. The molecule has 6 rings (SSSR count). The van der Waals surface area contributed by atoms with Crippen molar-refractivity contribution < 1.29 is 32.2 Å². The molecule has 3 atom stereocenters. The van der Waals surface area contributed by atoms with Crippen molar-refractivity contribution >= 4 is 29.3 Å². The number of ether oxygens (including phenoxy) is 2. The first kappa shape index (κ1) is 32.0. The van der Waals surface area contributed by atoms with E-state index in [4.69, 9.17) is 9.47 Å². The topological polar surface area (TPSA) is 109 Å². The molecule has 3 amide bonds. The number of carbonyl (C=O) groups is 2. The SMILES string of the molecule is CC.C[C@@H](NC(=O)c1ccc2c(n1)N(C(=O)Nc1cc(CCC3COC4(CCCCC4)O3)ccn1)C1CCN2C1)C(F)(F)F. The first-order chi connectivity index (χ1) is 21.1. The van der Waals surface area contributed by atoms with E-state index in [2.05, 4.69) is 20.2 Å². The predicted octanol–water partition coefficient (Wildman–Crippen LogP) is 5.82. The van der Waals surface area contributed by atoms with Gasteiger partial charge in [-0.1, -0.05) is 20.3 Å². The van der Waals surface area contributed by atoms with Crippen LogP contribution in [-0.2, 0) is 15.9 Å². The summed E-state index contributed by atoms with van der Waals surface area (Å²) in [6, 6.07) is 4.03. The number of anilines is 3. The van der Waals surface area contributed by atoms with E-state index in [9.17, 15) is 22.8 Å². The third kappa shape index (κ3) is 6.93. The van der Waals surface area contributed by atoms with E-state index >= 15 is 0 Å². The lowest BCUT2D eigenvalue weighted by Gasteiger charge is -2.35. The van der Waals surface area contributed by atoms with Crippen LogP contribution in [0.3, 0.4) is 0 Å². The number of nitrogens with zero attached hydrogens (tertiary/aromatic N) is 4. The Hall–Kier alpha value is -3.45. The maximum Gasteiger partial charge on any atom is 0.408 e. The molecule has 1 saturated carbocycles. The Bertz CT molecular complexity index is 1340. The van der Waals surface area contributed by atoms with Gasteiger partial charge in [0.05, 0.1) is 24.4 Å². The van der Waals surface area contributed by atoms with E-state index in [-0.39, 0.29) is 23.7 Å². The third-order valence-electron chi connectivity index (χ3n) is 8.59. The van der Waals surface area contributed by atoms with Gasteiger partial charge >= 0.3 is 12.2 Å². The van der Waals surface area contributed by atoms with Crippen molar-refractivity contribution in [1.82, 2.24) is 15.3 Å². The van der Waals surface area contributed by atoms with Gasteiger partial charge in [0.1, 0.15) is 17.6 Å². The molecule has 10 nitrogen and oxygen atoms in total. The van der Waals surface area contributed by atoms with Gasteiger partial charge in [0, 0.05) is 32.1 Å². The van der Waals surface area contributed by atoms with Gasteiger partial charge in [-0.05, 0) is 68.9 Å². The first-order valence-corrected chi connectivity index (χ1v) is 15.6. The maximum atomic E-state index is 13.6. The monoisotopic (exact) mass is 618 g/mol. The van der Waals surface area contributed by atoms with Crippen molar-refractivity contribution in [2.45, 2.75) is 102 Å². The number of nitrogens with one attached hydrogen (secondary N) is 2. The smallest absolute Gasteiger partial charge is 0.366 e. The second-order valence-corrected chi connectivity index (χ2v) is 11.6. The standard InChI is InChI=1S/C29H35F3N6O4.C2H6/c1-18(29(30,31)32)34-26(39)22-7-8-23-25(35-22)38(20-10-14-37(23)16-20)27(40)36-24-15-19(9-13-33-24)5-6-21-17-41-28(42-21)11-3-2-4-12-28;1-2/h7-9,13,15,18,20-21H,2-6,10-12,14,16-17H2,1H3,(H,34,39)(H,33,36,40);1-2H3/t18-,20?,21?;/m1./s1. The molecular weight excluding hydrogens is 577 g/mol. The summed E-state index contributed by atoms with van der Waals surface area (Å²) in [5, 5.41) is 4.80. The highest BCUT2D eigenvalue weighted by Crippen LogP contribution is 2.40. The van der Waals surface area contributed by atoms with Crippen LogP contribution in [0.1, 0.15) is 81.8 Å². The number of rotatable bonds is 6. The molecule has 2 aromatic rings. The molecule has 3 fully saturated rings. The maximum absolute atomic E-state index is 13.6. The number of aryl methyl sites for hydroxylation is 1. The molecule has 13 heteroatoms. The lowest BCUT2D eigenvalue weighted by molar-refractivity contribution is -0.187. The zero-order valence-electron chi connectivity index (χ0n) is 25.5. The van der Waals surface area contributed by atoms with Crippen LogP contribution < -0.4 is 20.4 Å². The lowest BCUT2D eigenvalue weighted by Crippen LogP contribution is -2.49. The Morgan fingerprint density at radius 1 is 1.16 bits per heavy atom. The Morgan fingerprint density at radius 2 is 1.93 bits per heavy atom. The molecule has 2 aromatic heterocycles. The Morgan fingerprint density at radius 3 is 2.68 bits per heavy atom. The highest BCUT2D eigenvalue weighted by molar-refractivity contribution is 6.05. The Kier molecular flexibility index (Phi) is 9.64. The van der Waals surface area contributed by atoms with Gasteiger partial charge in [0.2, 0.25) is 0 Å². The Balaban J connectivity index is 0.00000188. The minimum Gasteiger partial charge on any atom is -0.366 e. The Labute approximate surface area is 255 Å². The van der Waals surface area contributed by atoms with E-state index in [1.807, 2.05) is 31.3 Å². The summed E-state index contributed by atoms with van der Waals surface area (Å²) in [4.78, 5) is 38.4. The third-order valence-corrected chi connectivity index (χ3v) is 8.59. The van der Waals surface area contributed by atoms with Crippen molar-refractivity contribution in [3.05, 3.63) is 41.7 Å². The molecule has 4 aliphatic rings. The van der Waals surface area contributed by atoms with Crippen LogP contribution in [0.15, 0.2) is 30.5 Å². The van der Waals surface area contributed by atoms with Gasteiger partial charge < -0.3 is 19.7 Å². The number of hydrogen-bond acceptors (Lipinski definition) is 7. The molecule has 3 aliphatic heterocycles. The van der Waals surface area contributed by atoms with Crippen LogP contribution in [0.4, 0.5) is 35.3 Å². The van der Waals surface area contributed by atoms with Crippen LogP contribution >= 0.6 is 0 Å². The van der Waals surface area contributed by atoms with Crippen molar-refractivity contribution in [2.75, 3.05) is 34.8 Å². The van der Waals surface area contributed by atoms with Gasteiger partial charge in [-0.2, -0.15) is 13.2 Å². The summed E-state index contributed by atoms with van der Waals surface area (Å²) < 4.78 is 51.3. The van der Waals surface area contributed by atoms with Crippen LogP contribution in [0.2, 0.25) is 0 Å². The molecule has 240 valence electrons. The minimum atomic E-state index is -4.59. The molecule has 0 radical (unpaired) electrons. The van der Waals surface area contributed by atoms with Gasteiger partial charge in [0.25, 0.3) is 5.91 Å². The summed E-state index contributed by atoms with van der Waals surface area (Å²) in [6.07, 6.45) is 4.66. The van der Waals surface area contributed by atoms with E-state index in [0.29, 0.717) is 37.6 Å². The number of amides is 3. The van der Waals surface area contributed by atoms with Crippen LogP contribution in [0.5, 0.6) is 0 Å². The second kappa shape index (κ2) is 13.3. The number of carbonyl (C=O) groups excluding carboxylic acids is 2. The van der Waals surface area contributed by atoms with Gasteiger partial charge in [-0.25, -0.2) is 14.8 Å². The molecule has 44 heavy (non-hydrogen) atoms. The predicted molar refractivity (Wildman–Crippen MR) is 160 cm³/mol. The van der Waals surface area contributed by atoms with E-state index in [1.165, 1.54) is 17.4 Å². The number of urea groups is 1. The van der Waals surface area contributed by atoms with E-state index in [0.717, 1.165) is 51.0 Å². The normalized spacial score (nSPS) is 22.6. The highest BCUT2D eigenvalue weighted by atomic mass is 19.4. The fraction of sp³-hybridized carbons (Fsp3) is 0.613. The number of pyridine rings is 2. The van der Waals surface area contributed by atoms with Crippen molar-refractivity contribution in [3.63, 3.8) is 0 Å². The zero-order chi connectivity index (χ0) is 31.5. The van der Waals surface area contributed by atoms with Crippen molar-refractivity contribution in [3.8, 4) is 0 Å². The molecule has 2 bridgehead atoms. The molecule has 2 saturated heterocycles. The number of halogens is 3. The van der Waals surface area contributed by atoms with Gasteiger partial charge in [-0.15, -0.1) is 0 Å². The van der Waals surface area contributed by atoms with Crippen molar-refractivity contribution in [1.29, 1.82) is 0 Å². The minimum absolute atomic E-state index is 0.0288. The first-order valence-electron chi connectivity index (χ1n) is 15.6. The second-order valence-electron chi connectivity index (χ2n) is 11.6. The van der Waals surface area contributed by atoms with Crippen molar-refractivity contribution in [2.24, 2.45) is 0 Å². The van der Waals surface area contributed by atoms with Crippen LogP contribution in [0.25, 0.3) is 0 Å². The van der Waals surface area contributed by atoms with Crippen LogP contribution in [-0.4, -0.2) is 71.8 Å². The van der Waals surface area contributed by atoms with E-state index < -0.39 is 29.9 Å². The quantitative estimate of drug-likeness (QED) is 0.420. The molecule has 1 spiro atoms. The van der Waals surface area contributed by atoms with Gasteiger partial charge in [0.15, 0.2) is 11.6 Å². The van der Waals surface area contributed by atoms with Gasteiger partial charge in [-0.3, -0.25) is 15.0 Å². The number of fused-ring (bicyclic) bond motifs is 4. The highest BCUT2D eigenvalue weighted by Gasteiger charge is 2.43. The molecule has 0 aromatic carbocycles. The average Bonchev–Trinajstić information content (AvgIpc) is 3.61. The molecule has 2 N–H and O–H groups in total. The summed E-state index contributed by atoms with van der Waals surface area (Å²) in [7, 11) is 0. The number of aromatic nitrogens is 2. The van der Waals surface area contributed by atoms with E-state index in [1.54, 1.807) is 12.3 Å². The zero-order valence-corrected chi connectivity index (χ0v) is 25.5. The average molecular weight is 619 g/mol. The fourth-order valence-corrected chi connectivity index (χ4v) is 6.26. The summed E-state index contributed by atoms with van der Waals surface area (Å²) in [5.41, 5.74) is 1.45. The number of alkyl halides is 3. The van der Waals surface area contributed by atoms with Crippen LogP contribution in [0, 0.1) is 0 Å².